The first-order valence-corrected chi connectivity index (χ1v) is 4.15. The van der Waals surface area contributed by atoms with Gasteiger partial charge < -0.3 is 10.4 Å². The molecule has 2 unspecified atom stereocenters. The van der Waals surface area contributed by atoms with Crippen LogP contribution in [0.25, 0.3) is 0 Å². The van der Waals surface area contributed by atoms with Gasteiger partial charge in [0, 0.05) is 17.6 Å². The molecule has 2 N–H and O–H groups in total. The summed E-state index contributed by atoms with van der Waals surface area (Å²) in [5, 5.41) is 12.8. The van der Waals surface area contributed by atoms with E-state index in [0.717, 1.165) is 5.03 Å². The molecule has 74 valence electrons. The smallest absolute Gasteiger partial charge is 0.0636 e. The van der Waals surface area contributed by atoms with Crippen LogP contribution >= 0.6 is 24.0 Å². The molecule has 0 fully saturated rings. The number of rotatable bonds is 4. The molecule has 0 rings (SSSR count). The SMILES string of the molecule is CC(Cl)=CC(C)NCC(C)O.Cl. The largest absolute Gasteiger partial charge is 0.392 e. The van der Waals surface area contributed by atoms with Gasteiger partial charge in [-0.1, -0.05) is 17.7 Å². The van der Waals surface area contributed by atoms with Crippen LogP contribution in [-0.4, -0.2) is 23.8 Å². The van der Waals surface area contributed by atoms with Gasteiger partial charge in [0.2, 0.25) is 0 Å². The molecule has 2 nitrogen and oxygen atoms in total. The minimum atomic E-state index is -0.304. The minimum Gasteiger partial charge on any atom is -0.392 e. The van der Waals surface area contributed by atoms with Gasteiger partial charge in [0.05, 0.1) is 6.10 Å². The maximum Gasteiger partial charge on any atom is 0.0636 e. The Balaban J connectivity index is 0. The van der Waals surface area contributed by atoms with E-state index < -0.39 is 0 Å². The summed E-state index contributed by atoms with van der Waals surface area (Å²) >= 11 is 5.65. The lowest BCUT2D eigenvalue weighted by Crippen LogP contribution is -2.31. The maximum absolute atomic E-state index is 8.92. The number of nitrogens with one attached hydrogen (secondary N) is 1. The highest BCUT2D eigenvalue weighted by Gasteiger charge is 1.99. The van der Waals surface area contributed by atoms with Crippen molar-refractivity contribution in [3.63, 3.8) is 0 Å². The Labute approximate surface area is 85.4 Å². The van der Waals surface area contributed by atoms with E-state index in [4.69, 9.17) is 16.7 Å². The third-order valence-electron chi connectivity index (χ3n) is 1.21. The molecule has 0 saturated carbocycles. The standard InChI is InChI=1S/C8H16ClNO.ClH/c1-6(9)4-7(2)10-5-8(3)11;/h4,7-8,10-11H,5H2,1-3H3;1H. The lowest BCUT2D eigenvalue weighted by molar-refractivity contribution is 0.189. The van der Waals surface area contributed by atoms with Crippen LogP contribution in [0.4, 0.5) is 0 Å². The van der Waals surface area contributed by atoms with Crippen LogP contribution in [0.15, 0.2) is 11.1 Å². The van der Waals surface area contributed by atoms with Crippen molar-refractivity contribution >= 4 is 24.0 Å². The fourth-order valence-electron chi connectivity index (χ4n) is 0.760. The van der Waals surface area contributed by atoms with Crippen molar-refractivity contribution in [2.75, 3.05) is 6.54 Å². The van der Waals surface area contributed by atoms with E-state index in [1.165, 1.54) is 0 Å². The average Bonchev–Trinajstić information content (AvgIpc) is 1.82. The number of aliphatic hydroxyl groups excluding tert-OH is 1. The number of hydrogen-bond donors (Lipinski definition) is 2. The van der Waals surface area contributed by atoms with Crippen LogP contribution in [0.5, 0.6) is 0 Å². The van der Waals surface area contributed by atoms with Gasteiger partial charge in [-0.2, -0.15) is 0 Å². The molecule has 12 heavy (non-hydrogen) atoms. The van der Waals surface area contributed by atoms with Gasteiger partial charge in [0.1, 0.15) is 0 Å². The summed E-state index contributed by atoms with van der Waals surface area (Å²) in [7, 11) is 0. The van der Waals surface area contributed by atoms with Crippen molar-refractivity contribution in [1.29, 1.82) is 0 Å². The summed E-state index contributed by atoms with van der Waals surface area (Å²) in [4.78, 5) is 0. The molecular formula is C8H17Cl2NO. The van der Waals surface area contributed by atoms with Gasteiger partial charge in [-0.3, -0.25) is 0 Å². The lowest BCUT2D eigenvalue weighted by atomic mass is 10.3. The maximum atomic E-state index is 8.92. The second kappa shape index (κ2) is 7.87. The number of hydrogen-bond acceptors (Lipinski definition) is 2. The molecule has 0 aromatic carbocycles. The fourth-order valence-corrected chi connectivity index (χ4v) is 0.949. The van der Waals surface area contributed by atoms with Crippen LogP contribution in [-0.2, 0) is 0 Å². The van der Waals surface area contributed by atoms with Crippen LogP contribution in [0.1, 0.15) is 20.8 Å². The molecule has 0 heterocycles. The van der Waals surface area contributed by atoms with Crippen molar-refractivity contribution in [3.8, 4) is 0 Å². The number of halogens is 2. The summed E-state index contributed by atoms with van der Waals surface area (Å²) in [6, 6.07) is 0.224. The van der Waals surface area contributed by atoms with Crippen LogP contribution in [0, 0.1) is 0 Å². The molecule has 0 aromatic heterocycles. The van der Waals surface area contributed by atoms with Crippen molar-refractivity contribution in [2.24, 2.45) is 0 Å². The first-order chi connectivity index (χ1) is 5.02. The summed E-state index contributed by atoms with van der Waals surface area (Å²) in [5.74, 6) is 0. The predicted molar refractivity (Wildman–Crippen MR) is 56.0 cm³/mol. The summed E-state index contributed by atoms with van der Waals surface area (Å²) in [6.45, 7) is 6.18. The molecule has 0 saturated heterocycles. The van der Waals surface area contributed by atoms with E-state index in [9.17, 15) is 0 Å². The second-order valence-corrected chi connectivity index (χ2v) is 3.40. The van der Waals surface area contributed by atoms with E-state index in [-0.39, 0.29) is 24.6 Å². The predicted octanol–water partition coefficient (Wildman–Crippen LogP) is 1.91. The Kier molecular flexibility index (Phi) is 9.67. The Morgan fingerprint density at radius 2 is 2.08 bits per heavy atom. The molecule has 0 aliphatic rings. The molecule has 0 amide bonds. The first kappa shape index (κ1) is 14.7. The monoisotopic (exact) mass is 213 g/mol. The highest BCUT2D eigenvalue weighted by Crippen LogP contribution is 1.99. The van der Waals surface area contributed by atoms with Gasteiger partial charge >= 0.3 is 0 Å². The molecule has 0 aromatic rings. The van der Waals surface area contributed by atoms with Crippen LogP contribution in [0.2, 0.25) is 0 Å². The zero-order chi connectivity index (χ0) is 8.85. The molecule has 0 radical (unpaired) electrons. The topological polar surface area (TPSA) is 32.3 Å². The average molecular weight is 214 g/mol. The molecule has 2 atom stereocenters. The summed E-state index contributed by atoms with van der Waals surface area (Å²) in [6.07, 6.45) is 1.60. The van der Waals surface area contributed by atoms with Crippen molar-refractivity contribution in [2.45, 2.75) is 32.9 Å². The van der Waals surface area contributed by atoms with E-state index in [1.54, 1.807) is 6.92 Å². The number of allylic oxidation sites excluding steroid dienone is 1. The highest BCUT2D eigenvalue weighted by molar-refractivity contribution is 6.29. The Hall–Kier alpha value is 0.240. The van der Waals surface area contributed by atoms with Crippen LogP contribution in [0.3, 0.4) is 0 Å². The van der Waals surface area contributed by atoms with Crippen molar-refractivity contribution in [3.05, 3.63) is 11.1 Å². The Morgan fingerprint density at radius 3 is 2.42 bits per heavy atom. The van der Waals surface area contributed by atoms with E-state index in [0.29, 0.717) is 6.54 Å². The lowest BCUT2D eigenvalue weighted by Gasteiger charge is -2.10. The highest BCUT2D eigenvalue weighted by atomic mass is 35.5. The summed E-state index contributed by atoms with van der Waals surface area (Å²) in [5.41, 5.74) is 0. The van der Waals surface area contributed by atoms with Gasteiger partial charge in [0.25, 0.3) is 0 Å². The molecule has 0 aliphatic heterocycles. The van der Waals surface area contributed by atoms with Gasteiger partial charge in [-0.15, -0.1) is 12.4 Å². The molecule has 0 aliphatic carbocycles. The van der Waals surface area contributed by atoms with Crippen molar-refractivity contribution < 1.29 is 5.11 Å². The zero-order valence-electron chi connectivity index (χ0n) is 7.67. The Morgan fingerprint density at radius 1 is 1.58 bits per heavy atom. The van der Waals surface area contributed by atoms with Gasteiger partial charge in [-0.25, -0.2) is 0 Å². The van der Waals surface area contributed by atoms with Crippen LogP contribution < -0.4 is 5.32 Å². The molecule has 4 heteroatoms. The molecule has 0 bridgehead atoms. The third kappa shape index (κ3) is 10.2. The van der Waals surface area contributed by atoms with E-state index in [1.807, 2.05) is 19.9 Å². The minimum absolute atomic E-state index is 0. The van der Waals surface area contributed by atoms with Gasteiger partial charge in [-0.05, 0) is 20.8 Å². The second-order valence-electron chi connectivity index (χ2n) is 2.80. The van der Waals surface area contributed by atoms with E-state index >= 15 is 0 Å². The molecular weight excluding hydrogens is 197 g/mol. The third-order valence-corrected chi connectivity index (χ3v) is 1.34. The summed E-state index contributed by atoms with van der Waals surface area (Å²) < 4.78 is 0. The number of aliphatic hydroxyl groups is 1. The normalized spacial score (nSPS) is 16.6. The van der Waals surface area contributed by atoms with Crippen molar-refractivity contribution in [1.82, 2.24) is 5.32 Å². The Bertz CT molecular complexity index is 133. The quantitative estimate of drug-likeness (QED) is 0.749. The van der Waals surface area contributed by atoms with E-state index in [2.05, 4.69) is 5.32 Å². The van der Waals surface area contributed by atoms with Gasteiger partial charge in [0.15, 0.2) is 0 Å². The molecule has 0 spiro atoms. The fraction of sp³-hybridized carbons (Fsp3) is 0.750. The zero-order valence-corrected chi connectivity index (χ0v) is 9.25. The first-order valence-electron chi connectivity index (χ1n) is 3.77.